The summed E-state index contributed by atoms with van der Waals surface area (Å²) in [5.41, 5.74) is 0. The largest absolute Gasteiger partial charge is 0.345 e. The summed E-state index contributed by atoms with van der Waals surface area (Å²) in [7, 11) is 5.92. The van der Waals surface area contributed by atoms with Crippen molar-refractivity contribution >= 4 is 28.5 Å². The van der Waals surface area contributed by atoms with E-state index in [1.807, 2.05) is 7.05 Å². The molecule has 0 aromatic heterocycles. The lowest BCUT2D eigenvalue weighted by Crippen LogP contribution is -2.45. The van der Waals surface area contributed by atoms with Crippen molar-refractivity contribution in [1.82, 2.24) is 14.2 Å². The number of hydrogen-bond acceptors (Lipinski definition) is 3. The van der Waals surface area contributed by atoms with E-state index >= 15 is 0 Å². The molecule has 6 heteroatoms. The van der Waals surface area contributed by atoms with Crippen molar-refractivity contribution in [3.05, 3.63) is 0 Å². The van der Waals surface area contributed by atoms with Crippen molar-refractivity contribution in [2.75, 3.05) is 21.1 Å². The standard InChI is InChI=1S/C4H16N2Si2.C2H9NSi.H2/c1-5-8(4)6(2)7-3;1-3-4-2;/h5,8H,7H2,1-4H3;3H,4H2,1-2H3;1H. The number of nitrogens with zero attached hydrogens (tertiary/aromatic N) is 1. The minimum Gasteiger partial charge on any atom is -0.345 e. The lowest BCUT2D eigenvalue weighted by Gasteiger charge is -2.19. The van der Waals surface area contributed by atoms with Crippen LogP contribution in [0.4, 0.5) is 0 Å². The Hall–Kier alpha value is 0.531. The Balaban J connectivity index is -0.000000173. The molecule has 0 saturated carbocycles. The fourth-order valence-electron chi connectivity index (χ4n) is 0.494. The Morgan fingerprint density at radius 2 is 1.75 bits per heavy atom. The molecule has 0 spiro atoms. The van der Waals surface area contributed by atoms with Crippen molar-refractivity contribution < 1.29 is 1.43 Å². The van der Waals surface area contributed by atoms with Crippen molar-refractivity contribution in [3.8, 4) is 0 Å². The zero-order valence-corrected chi connectivity index (χ0v) is 13.4. The summed E-state index contributed by atoms with van der Waals surface area (Å²) in [4.78, 5) is 6.38. The maximum atomic E-state index is 3.32. The van der Waals surface area contributed by atoms with Crippen LogP contribution in [0.2, 0.25) is 19.6 Å². The number of hydrogen-bond donors (Lipinski definition) is 2. The van der Waals surface area contributed by atoms with Crippen LogP contribution in [0, 0.1) is 0 Å². The van der Waals surface area contributed by atoms with Crippen LogP contribution in [-0.4, -0.2) is 53.9 Å². The molecule has 1 unspecified atom stereocenters. The molecule has 0 aromatic carbocycles. The summed E-state index contributed by atoms with van der Waals surface area (Å²) in [5.74, 6) is 0. The normalized spacial score (nSPS) is 14.2. The Labute approximate surface area is 85.4 Å². The van der Waals surface area contributed by atoms with E-state index in [4.69, 9.17) is 0 Å². The van der Waals surface area contributed by atoms with Crippen LogP contribution in [0.25, 0.3) is 0 Å². The van der Waals surface area contributed by atoms with E-state index in [-0.39, 0.29) is 20.8 Å². The third-order valence-corrected chi connectivity index (χ3v) is 8.53. The van der Waals surface area contributed by atoms with Gasteiger partial charge in [-0.05, 0) is 27.7 Å². The second-order valence-electron chi connectivity index (χ2n) is 2.74. The monoisotopic (exact) mass is 225 g/mol. The average molecular weight is 226 g/mol. The molecule has 78 valence electrons. The van der Waals surface area contributed by atoms with Gasteiger partial charge < -0.3 is 14.2 Å². The number of rotatable bonds is 4. The lowest BCUT2D eigenvalue weighted by molar-refractivity contribution is 0.797. The third kappa shape index (κ3) is 10.5. The van der Waals surface area contributed by atoms with E-state index < -0.39 is 9.12 Å². The fraction of sp³-hybridized carbons (Fsp3) is 1.00. The highest BCUT2D eigenvalue weighted by molar-refractivity contribution is 6.61. The summed E-state index contributed by atoms with van der Waals surface area (Å²) < 4.78 is 2.51. The molecule has 0 amide bonds. The molecule has 2 N–H and O–H groups in total. The van der Waals surface area contributed by atoms with Crippen LogP contribution >= 0.6 is 0 Å². The first-order valence-electron chi connectivity index (χ1n) is 4.66. The van der Waals surface area contributed by atoms with Crippen molar-refractivity contribution in [2.24, 2.45) is 0 Å². The van der Waals surface area contributed by atoms with Crippen LogP contribution in [-0.2, 0) is 0 Å². The molecule has 12 heavy (non-hydrogen) atoms. The summed E-state index contributed by atoms with van der Waals surface area (Å²) in [6.07, 6.45) is 0. The zero-order valence-electron chi connectivity index (χ0n) is 9.44. The van der Waals surface area contributed by atoms with Gasteiger partial charge in [0, 0.05) is 1.43 Å². The Morgan fingerprint density at radius 1 is 1.33 bits per heavy atom. The first-order valence-corrected chi connectivity index (χ1v) is 11.1. The topological polar surface area (TPSA) is 27.3 Å². The molecule has 0 bridgehead atoms. The molecule has 0 aliphatic heterocycles. The van der Waals surface area contributed by atoms with Gasteiger partial charge in [-0.3, -0.25) is 0 Å². The summed E-state index contributed by atoms with van der Waals surface area (Å²) in [6, 6.07) is 0. The van der Waals surface area contributed by atoms with E-state index in [1.54, 1.807) is 0 Å². The van der Waals surface area contributed by atoms with Crippen molar-refractivity contribution in [1.29, 1.82) is 0 Å². The van der Waals surface area contributed by atoms with Gasteiger partial charge in [-0.2, -0.15) is 0 Å². The van der Waals surface area contributed by atoms with Gasteiger partial charge in [0.1, 0.15) is 0 Å². The maximum Gasteiger partial charge on any atom is 0.176 e. The quantitative estimate of drug-likeness (QED) is 0.583. The Morgan fingerprint density at radius 3 is 1.83 bits per heavy atom. The molecule has 0 aliphatic carbocycles. The van der Waals surface area contributed by atoms with Crippen molar-refractivity contribution in [2.45, 2.75) is 19.6 Å². The molecule has 0 aromatic rings. The smallest absolute Gasteiger partial charge is 0.176 e. The average Bonchev–Trinajstić information content (AvgIpc) is 2.15. The van der Waals surface area contributed by atoms with Crippen LogP contribution in [0.3, 0.4) is 0 Å². The molecule has 0 heterocycles. The second-order valence-corrected chi connectivity index (χ2v) is 9.33. The van der Waals surface area contributed by atoms with E-state index in [0.29, 0.717) is 0 Å². The van der Waals surface area contributed by atoms with Gasteiger partial charge in [0.05, 0.1) is 19.4 Å². The van der Waals surface area contributed by atoms with E-state index in [2.05, 4.69) is 47.9 Å². The Kier molecular flexibility index (Phi) is 14.4. The van der Waals surface area contributed by atoms with E-state index in [9.17, 15) is 0 Å². The van der Waals surface area contributed by atoms with Crippen LogP contribution in [0.5, 0.6) is 0 Å². The van der Waals surface area contributed by atoms with Crippen LogP contribution < -0.4 is 9.96 Å². The summed E-state index contributed by atoms with van der Waals surface area (Å²) in [6.45, 7) is 6.84. The Bertz CT molecular complexity index is 79.5. The van der Waals surface area contributed by atoms with Gasteiger partial charge in [0.15, 0.2) is 9.12 Å². The molecule has 0 rings (SSSR count). The highest BCUT2D eigenvalue weighted by atomic mass is 28.3. The van der Waals surface area contributed by atoms with Crippen molar-refractivity contribution in [3.63, 3.8) is 0 Å². The molecular weight excluding hydrogens is 198 g/mol. The lowest BCUT2D eigenvalue weighted by atomic mass is 11.6. The predicted molar refractivity (Wildman–Crippen MR) is 69.8 cm³/mol. The summed E-state index contributed by atoms with van der Waals surface area (Å²) in [5, 5.41) is 0. The van der Waals surface area contributed by atoms with Gasteiger partial charge in [-0.25, -0.2) is 0 Å². The first-order chi connectivity index (χ1) is 5.63. The minimum atomic E-state index is -0.630. The maximum absolute atomic E-state index is 3.32. The summed E-state index contributed by atoms with van der Waals surface area (Å²) >= 11 is 0. The van der Waals surface area contributed by atoms with Crippen LogP contribution in [0.1, 0.15) is 1.43 Å². The molecule has 0 aliphatic rings. The minimum absolute atomic E-state index is 0. The van der Waals surface area contributed by atoms with E-state index in [0.717, 1.165) is 0 Å². The molecule has 1 atom stereocenters. The number of nitrogens with one attached hydrogen (secondary N) is 2. The highest BCUT2D eigenvalue weighted by Gasteiger charge is 2.03. The van der Waals surface area contributed by atoms with Gasteiger partial charge >= 0.3 is 0 Å². The van der Waals surface area contributed by atoms with Gasteiger partial charge in [-0.15, -0.1) is 0 Å². The second kappa shape index (κ2) is 11.5. The van der Waals surface area contributed by atoms with Crippen LogP contribution in [0.15, 0.2) is 0 Å². The van der Waals surface area contributed by atoms with E-state index in [1.165, 1.54) is 0 Å². The first kappa shape index (κ1) is 15.0. The van der Waals surface area contributed by atoms with Gasteiger partial charge in [-0.1, -0.05) is 13.1 Å². The molecule has 0 saturated heterocycles. The molecule has 0 fully saturated rings. The molecular formula is C6H27N3Si3. The SMILES string of the molecule is CN[SiH2]C.CN[SiH](C)N(C)[SiH2]C.[HH]. The molecule has 3 nitrogen and oxygen atoms in total. The van der Waals surface area contributed by atoms with Gasteiger partial charge in [0.2, 0.25) is 0 Å². The zero-order chi connectivity index (χ0) is 9.98. The highest BCUT2D eigenvalue weighted by Crippen LogP contribution is 1.80. The third-order valence-electron chi connectivity index (χ3n) is 1.93. The van der Waals surface area contributed by atoms with Gasteiger partial charge in [0.25, 0.3) is 0 Å². The fourth-order valence-corrected chi connectivity index (χ4v) is 3.67. The predicted octanol–water partition coefficient (Wildman–Crippen LogP) is -1.30. The molecule has 0 radical (unpaired) electrons.